The molecular formula is C19H16ClN5O2S2. The van der Waals surface area contributed by atoms with Crippen LogP contribution in [0.4, 0.5) is 17.6 Å². The maximum absolute atomic E-state index is 12.7. The first kappa shape index (κ1) is 19.6. The summed E-state index contributed by atoms with van der Waals surface area (Å²) in [6.45, 7) is 1.72. The van der Waals surface area contributed by atoms with E-state index >= 15 is 0 Å². The van der Waals surface area contributed by atoms with Crippen molar-refractivity contribution in [2.24, 2.45) is 0 Å². The molecule has 0 aliphatic carbocycles. The van der Waals surface area contributed by atoms with E-state index in [2.05, 4.69) is 37.8 Å². The van der Waals surface area contributed by atoms with Gasteiger partial charge in [-0.05, 0) is 36.1 Å². The molecule has 0 bridgehead atoms. The lowest BCUT2D eigenvalue weighted by Crippen LogP contribution is -2.15. The summed E-state index contributed by atoms with van der Waals surface area (Å²) in [6.07, 6.45) is 0. The first-order valence-electron chi connectivity index (χ1n) is 8.52. The summed E-state index contributed by atoms with van der Waals surface area (Å²) >= 11 is 10.2. The molecule has 7 nitrogen and oxygen atoms in total. The molecule has 0 saturated heterocycles. The molecule has 0 spiro atoms. The number of hydrogen-bond acceptors (Lipinski definition) is 6. The Balaban J connectivity index is 1.59. The van der Waals surface area contributed by atoms with Crippen molar-refractivity contribution in [3.63, 3.8) is 0 Å². The van der Waals surface area contributed by atoms with E-state index in [9.17, 15) is 8.42 Å². The van der Waals surface area contributed by atoms with E-state index < -0.39 is 10.0 Å². The number of H-pyrrole nitrogens is 1. The van der Waals surface area contributed by atoms with E-state index in [-0.39, 0.29) is 15.7 Å². The second-order valence-electron chi connectivity index (χ2n) is 6.33. The monoisotopic (exact) mass is 445 g/mol. The molecule has 0 atom stereocenters. The summed E-state index contributed by atoms with van der Waals surface area (Å²) in [5.74, 6) is 0.213. The molecular weight excluding hydrogens is 430 g/mol. The third kappa shape index (κ3) is 4.02. The topological polar surface area (TPSA) is 99.8 Å². The Morgan fingerprint density at radius 3 is 2.69 bits per heavy atom. The van der Waals surface area contributed by atoms with Crippen molar-refractivity contribution >= 4 is 62.6 Å². The highest BCUT2D eigenvalue weighted by molar-refractivity contribution is 7.93. The van der Waals surface area contributed by atoms with Gasteiger partial charge in [-0.25, -0.2) is 18.2 Å². The van der Waals surface area contributed by atoms with Crippen LogP contribution in [0.5, 0.6) is 0 Å². The van der Waals surface area contributed by atoms with Crippen molar-refractivity contribution < 1.29 is 8.42 Å². The normalized spacial score (nSPS) is 11.6. The number of halogens is 1. The van der Waals surface area contributed by atoms with Crippen molar-refractivity contribution in [2.45, 2.75) is 16.7 Å². The zero-order valence-electron chi connectivity index (χ0n) is 15.1. The van der Waals surface area contributed by atoms with Crippen LogP contribution in [0.15, 0.2) is 64.4 Å². The predicted octanol–water partition coefficient (Wildman–Crippen LogP) is 4.75. The van der Waals surface area contributed by atoms with E-state index in [1.54, 1.807) is 6.92 Å². The summed E-state index contributed by atoms with van der Waals surface area (Å²) in [6, 6.07) is 16.6. The Hall–Kier alpha value is -2.75. The van der Waals surface area contributed by atoms with Crippen molar-refractivity contribution in [3.8, 4) is 0 Å². The third-order valence-electron chi connectivity index (χ3n) is 4.28. The van der Waals surface area contributed by atoms with Crippen LogP contribution in [0.3, 0.4) is 0 Å². The van der Waals surface area contributed by atoms with Gasteiger partial charge in [0.25, 0.3) is 16.0 Å². The van der Waals surface area contributed by atoms with E-state index in [1.807, 2.05) is 42.5 Å². The number of nitrogens with one attached hydrogen (secondary N) is 3. The van der Waals surface area contributed by atoms with Crippen LogP contribution in [0.2, 0.25) is 5.02 Å². The van der Waals surface area contributed by atoms with Crippen LogP contribution < -0.4 is 10.0 Å². The number of aryl methyl sites for hydroxylation is 1. The quantitative estimate of drug-likeness (QED) is 0.332. The molecule has 10 heteroatoms. The largest absolute Gasteiger partial charge is 0.324 e. The van der Waals surface area contributed by atoms with Gasteiger partial charge in [-0.3, -0.25) is 0 Å². The first-order chi connectivity index (χ1) is 13.8. The lowest BCUT2D eigenvalue weighted by molar-refractivity contribution is 0.599. The smallest absolute Gasteiger partial charge is 0.265 e. The highest BCUT2D eigenvalue weighted by atomic mass is 35.5. The molecule has 4 aromatic rings. The Morgan fingerprint density at radius 2 is 1.86 bits per heavy atom. The number of rotatable bonds is 5. The summed E-state index contributed by atoms with van der Waals surface area (Å²) in [7, 11) is -3.94. The van der Waals surface area contributed by atoms with Gasteiger partial charge in [0, 0.05) is 21.0 Å². The average Bonchev–Trinajstić information content (AvgIpc) is 3.11. The lowest BCUT2D eigenvalue weighted by atomic mass is 10.1. The van der Waals surface area contributed by atoms with Crippen LogP contribution in [0.25, 0.3) is 10.8 Å². The van der Waals surface area contributed by atoms with Gasteiger partial charge in [-0.2, -0.15) is 4.98 Å². The molecule has 1 heterocycles. The van der Waals surface area contributed by atoms with Crippen LogP contribution in [-0.4, -0.2) is 23.6 Å². The Kier molecular flexibility index (Phi) is 5.12. The molecule has 29 heavy (non-hydrogen) atoms. The van der Waals surface area contributed by atoms with Gasteiger partial charge in [-0.1, -0.05) is 48.0 Å². The summed E-state index contributed by atoms with van der Waals surface area (Å²) < 4.78 is 27.8. The third-order valence-corrected chi connectivity index (χ3v) is 6.58. The zero-order valence-corrected chi connectivity index (χ0v) is 17.6. The summed E-state index contributed by atoms with van der Waals surface area (Å²) in [5.41, 5.74) is 1.44. The molecule has 0 saturated carbocycles. The number of anilines is 3. The molecule has 0 unspecified atom stereocenters. The fraction of sp³-hybridized carbons (Fsp3) is 0.0526. The van der Waals surface area contributed by atoms with E-state index in [4.69, 9.17) is 11.6 Å². The number of sulfonamides is 1. The van der Waals surface area contributed by atoms with Gasteiger partial charge < -0.3 is 5.32 Å². The number of hydrogen-bond donors (Lipinski definition) is 4. The molecule has 0 fully saturated rings. The van der Waals surface area contributed by atoms with Crippen LogP contribution in [0, 0.1) is 6.92 Å². The second kappa shape index (κ2) is 7.58. The Bertz CT molecular complexity index is 1320. The fourth-order valence-electron chi connectivity index (χ4n) is 2.86. The van der Waals surface area contributed by atoms with Crippen LogP contribution in [0.1, 0.15) is 5.56 Å². The zero-order chi connectivity index (χ0) is 20.6. The predicted molar refractivity (Wildman–Crippen MR) is 118 cm³/mol. The number of benzene rings is 3. The van der Waals surface area contributed by atoms with E-state index in [0.29, 0.717) is 16.5 Å². The molecule has 4 rings (SSSR count). The van der Waals surface area contributed by atoms with Crippen molar-refractivity contribution in [1.29, 1.82) is 0 Å². The SMILES string of the molecule is Cc1cc(S(=O)(=O)Nc2n[nH]c(Nc3cccc4ccccc34)n2)c(S)cc1Cl. The van der Waals surface area contributed by atoms with Crippen molar-refractivity contribution in [3.05, 3.63) is 65.2 Å². The molecule has 3 N–H and O–H groups in total. The Morgan fingerprint density at radius 1 is 1.10 bits per heavy atom. The molecule has 0 aliphatic rings. The van der Waals surface area contributed by atoms with Crippen LogP contribution in [-0.2, 0) is 10.0 Å². The minimum absolute atomic E-state index is 0.00361. The van der Waals surface area contributed by atoms with Crippen LogP contribution >= 0.6 is 24.2 Å². The van der Waals surface area contributed by atoms with Gasteiger partial charge in [0.15, 0.2) is 0 Å². The minimum atomic E-state index is -3.94. The Labute approximate surface area is 178 Å². The highest BCUT2D eigenvalue weighted by Gasteiger charge is 2.21. The van der Waals surface area contributed by atoms with E-state index in [1.165, 1.54) is 12.1 Å². The molecule has 148 valence electrons. The highest BCUT2D eigenvalue weighted by Crippen LogP contribution is 2.29. The number of nitrogens with zero attached hydrogens (tertiary/aromatic N) is 2. The summed E-state index contributed by atoms with van der Waals surface area (Å²) in [5, 5.41) is 12.3. The minimum Gasteiger partial charge on any atom is -0.324 e. The van der Waals surface area contributed by atoms with Gasteiger partial charge in [0.2, 0.25) is 5.95 Å². The van der Waals surface area contributed by atoms with Crippen molar-refractivity contribution in [1.82, 2.24) is 15.2 Å². The van der Waals surface area contributed by atoms with Gasteiger partial charge in [-0.15, -0.1) is 17.7 Å². The molecule has 0 aliphatic heterocycles. The molecule has 3 aromatic carbocycles. The van der Waals surface area contributed by atoms with Gasteiger partial charge in [0.05, 0.1) is 0 Å². The fourth-order valence-corrected chi connectivity index (χ4v) is 4.76. The molecule has 0 amide bonds. The maximum Gasteiger partial charge on any atom is 0.265 e. The number of fused-ring (bicyclic) bond motifs is 1. The number of aromatic amines is 1. The maximum atomic E-state index is 12.7. The standard InChI is InChI=1S/C19H16ClN5O2S2/c1-11-9-17(16(28)10-14(11)20)29(26,27)25-19-22-18(23-24-19)21-15-8-4-6-12-5-2-3-7-13(12)15/h2-10,28H,1H3,(H3,21,22,23,24,25). The van der Waals surface area contributed by atoms with Gasteiger partial charge in [0.1, 0.15) is 4.90 Å². The van der Waals surface area contributed by atoms with Gasteiger partial charge >= 0.3 is 0 Å². The second-order valence-corrected chi connectivity index (χ2v) is 8.87. The van der Waals surface area contributed by atoms with E-state index in [0.717, 1.165) is 16.5 Å². The molecule has 0 radical (unpaired) electrons. The summed E-state index contributed by atoms with van der Waals surface area (Å²) in [4.78, 5) is 4.40. The average molecular weight is 446 g/mol. The van der Waals surface area contributed by atoms with Crippen molar-refractivity contribution in [2.75, 3.05) is 10.0 Å². The number of thiol groups is 1. The number of aromatic nitrogens is 3. The molecule has 1 aromatic heterocycles. The lowest BCUT2D eigenvalue weighted by Gasteiger charge is -2.09. The first-order valence-corrected chi connectivity index (χ1v) is 10.8.